The summed E-state index contributed by atoms with van der Waals surface area (Å²) in [6.07, 6.45) is 7.26. The summed E-state index contributed by atoms with van der Waals surface area (Å²) in [4.78, 5) is 21.7. The number of anilines is 2. The van der Waals surface area contributed by atoms with E-state index in [1.54, 1.807) is 35.9 Å². The van der Waals surface area contributed by atoms with Crippen LogP contribution in [-0.2, 0) is 7.05 Å². The topological polar surface area (TPSA) is 83.6 Å². The highest BCUT2D eigenvalue weighted by Crippen LogP contribution is 2.41. The van der Waals surface area contributed by atoms with Crippen LogP contribution < -0.4 is 24.8 Å². The molecule has 1 aromatic carbocycles. The Kier molecular flexibility index (Phi) is 6.34. The van der Waals surface area contributed by atoms with Crippen LogP contribution in [0, 0.1) is 23.1 Å². The maximum absolute atomic E-state index is 15.3. The zero-order chi connectivity index (χ0) is 26.4. The van der Waals surface area contributed by atoms with Gasteiger partial charge in [0.2, 0.25) is 6.79 Å². The van der Waals surface area contributed by atoms with Crippen LogP contribution in [-0.4, -0.2) is 42.0 Å². The summed E-state index contributed by atoms with van der Waals surface area (Å²) in [5.74, 6) is 1.40. The number of ether oxygens (including phenoxy) is 2. The number of halogens is 1. The molecule has 0 spiro atoms. The maximum Gasteiger partial charge on any atom is 0.252 e. The first-order valence-corrected chi connectivity index (χ1v) is 13.4. The molecule has 1 aliphatic heterocycles. The molecule has 0 N–H and O–H groups in total. The molecule has 8 nitrogen and oxygen atoms in total. The molecule has 0 bridgehead atoms. The molecule has 198 valence electrons. The van der Waals surface area contributed by atoms with E-state index >= 15 is 4.39 Å². The molecule has 2 aromatic heterocycles. The van der Waals surface area contributed by atoms with Gasteiger partial charge < -0.3 is 23.8 Å². The van der Waals surface area contributed by atoms with Gasteiger partial charge >= 0.3 is 0 Å². The van der Waals surface area contributed by atoms with Crippen LogP contribution >= 0.6 is 0 Å². The largest absolute Gasteiger partial charge is 0.454 e. The highest BCUT2D eigenvalue weighted by atomic mass is 19.1. The first kappa shape index (κ1) is 24.5. The van der Waals surface area contributed by atoms with E-state index in [2.05, 4.69) is 20.9 Å². The van der Waals surface area contributed by atoms with E-state index in [1.165, 1.54) is 25.3 Å². The molecular formula is C29H32FN5O3. The number of nitrogens with zero attached hydrogens (tertiary/aromatic N) is 5. The van der Waals surface area contributed by atoms with Gasteiger partial charge in [0.15, 0.2) is 11.5 Å². The molecule has 2 aliphatic carbocycles. The molecule has 0 atom stereocenters. The lowest BCUT2D eigenvalue weighted by Gasteiger charge is -2.43. The van der Waals surface area contributed by atoms with Crippen molar-refractivity contribution in [3.8, 4) is 17.6 Å². The van der Waals surface area contributed by atoms with Gasteiger partial charge in [0.1, 0.15) is 23.1 Å². The number of benzene rings is 1. The van der Waals surface area contributed by atoms with Crippen LogP contribution in [0.5, 0.6) is 11.5 Å². The molecule has 0 saturated heterocycles. The fourth-order valence-electron chi connectivity index (χ4n) is 6.12. The van der Waals surface area contributed by atoms with Crippen molar-refractivity contribution >= 4 is 22.4 Å². The Morgan fingerprint density at radius 2 is 1.76 bits per heavy atom. The summed E-state index contributed by atoms with van der Waals surface area (Å²) >= 11 is 0. The Labute approximate surface area is 221 Å². The highest BCUT2D eigenvalue weighted by Gasteiger charge is 2.33. The monoisotopic (exact) mass is 517 g/mol. The predicted octanol–water partition coefficient (Wildman–Crippen LogP) is 4.73. The van der Waals surface area contributed by atoms with Gasteiger partial charge in [-0.25, -0.2) is 9.37 Å². The first-order chi connectivity index (χ1) is 18.4. The van der Waals surface area contributed by atoms with E-state index in [0.717, 1.165) is 37.9 Å². The second kappa shape index (κ2) is 9.82. The lowest BCUT2D eigenvalue weighted by molar-refractivity contribution is 0.174. The predicted molar refractivity (Wildman–Crippen MR) is 143 cm³/mol. The smallest absolute Gasteiger partial charge is 0.252 e. The van der Waals surface area contributed by atoms with E-state index in [-0.39, 0.29) is 30.3 Å². The fraction of sp³-hybridized carbons (Fsp3) is 0.483. The molecular weight excluding hydrogens is 485 g/mol. The van der Waals surface area contributed by atoms with Crippen molar-refractivity contribution in [2.75, 3.05) is 30.2 Å². The number of hydrogen-bond donors (Lipinski definition) is 0. The normalized spacial score (nSPS) is 20.7. The van der Waals surface area contributed by atoms with Gasteiger partial charge in [-0.15, -0.1) is 0 Å². The quantitative estimate of drug-likeness (QED) is 0.468. The van der Waals surface area contributed by atoms with E-state index < -0.39 is 0 Å². The SMILES string of the molecule is CN(c1cc(=O)n(C)c2ccc(C#N)nc12)C1CCC(N(CC2CCC2)c2cc3c(cc2F)OCO3)CC1. The summed E-state index contributed by atoms with van der Waals surface area (Å²) in [5, 5.41) is 9.39. The number of nitriles is 1. The van der Waals surface area contributed by atoms with Crippen molar-refractivity contribution in [2.45, 2.75) is 57.0 Å². The van der Waals surface area contributed by atoms with Gasteiger partial charge in [-0.2, -0.15) is 5.26 Å². The third kappa shape index (κ3) is 4.32. The number of fused-ring (bicyclic) bond motifs is 2. The number of pyridine rings is 2. The minimum absolute atomic E-state index is 0.107. The lowest BCUT2D eigenvalue weighted by atomic mass is 9.83. The van der Waals surface area contributed by atoms with E-state index in [1.807, 2.05) is 7.05 Å². The highest BCUT2D eigenvalue weighted by molar-refractivity contribution is 5.88. The number of hydrogen-bond acceptors (Lipinski definition) is 7. The zero-order valence-corrected chi connectivity index (χ0v) is 21.8. The van der Waals surface area contributed by atoms with E-state index in [4.69, 9.17) is 9.47 Å². The fourth-order valence-corrected chi connectivity index (χ4v) is 6.12. The van der Waals surface area contributed by atoms with Crippen LogP contribution in [0.4, 0.5) is 15.8 Å². The van der Waals surface area contributed by atoms with Gasteiger partial charge in [0.25, 0.3) is 5.56 Å². The van der Waals surface area contributed by atoms with Gasteiger partial charge in [-0.3, -0.25) is 4.79 Å². The summed E-state index contributed by atoms with van der Waals surface area (Å²) in [6, 6.07) is 10.8. The molecule has 6 rings (SSSR count). The second-order valence-corrected chi connectivity index (χ2v) is 10.8. The Balaban J connectivity index is 1.25. The standard InChI is InChI=1S/C29H32FN5O3/c1-33(25-14-28(36)34(2)23-11-6-19(15-31)32-29(23)25)20-7-9-21(10-8-20)35(16-18-4-3-5-18)24-13-27-26(12-22(24)30)37-17-38-27/h6,11-14,18,20-21H,3-5,7-10,16-17H2,1-2H3. The van der Waals surface area contributed by atoms with Gasteiger partial charge in [0.05, 0.1) is 16.9 Å². The van der Waals surface area contributed by atoms with Crippen molar-refractivity contribution in [1.29, 1.82) is 5.26 Å². The van der Waals surface area contributed by atoms with E-state index in [9.17, 15) is 10.1 Å². The molecule has 0 radical (unpaired) electrons. The van der Waals surface area contributed by atoms with Crippen LogP contribution in [0.3, 0.4) is 0 Å². The van der Waals surface area contributed by atoms with Crippen LogP contribution in [0.2, 0.25) is 0 Å². The summed E-state index contributed by atoms with van der Waals surface area (Å²) in [6.45, 7) is 0.974. The van der Waals surface area contributed by atoms with Crippen molar-refractivity contribution in [1.82, 2.24) is 9.55 Å². The summed E-state index contributed by atoms with van der Waals surface area (Å²) in [7, 11) is 3.73. The summed E-state index contributed by atoms with van der Waals surface area (Å²) in [5.41, 5.74) is 2.93. The number of rotatable bonds is 6. The molecule has 9 heteroatoms. The van der Waals surface area contributed by atoms with Crippen LogP contribution in [0.1, 0.15) is 50.6 Å². The number of aryl methyl sites for hydroxylation is 1. The minimum Gasteiger partial charge on any atom is -0.454 e. The zero-order valence-electron chi connectivity index (χ0n) is 21.8. The van der Waals surface area contributed by atoms with Crippen molar-refractivity contribution < 1.29 is 13.9 Å². The molecule has 0 amide bonds. The third-order valence-corrected chi connectivity index (χ3v) is 8.65. The Bertz CT molecular complexity index is 1470. The van der Waals surface area contributed by atoms with Crippen molar-refractivity contribution in [3.05, 3.63) is 52.2 Å². The summed E-state index contributed by atoms with van der Waals surface area (Å²) < 4.78 is 27.8. The van der Waals surface area contributed by atoms with Crippen LogP contribution in [0.15, 0.2) is 35.1 Å². The van der Waals surface area contributed by atoms with Gasteiger partial charge in [-0.05, 0) is 56.6 Å². The molecule has 0 unspecified atom stereocenters. The van der Waals surface area contributed by atoms with Crippen molar-refractivity contribution in [3.63, 3.8) is 0 Å². The minimum atomic E-state index is -0.265. The van der Waals surface area contributed by atoms with Gasteiger partial charge in [-0.1, -0.05) is 6.42 Å². The Hall–Kier alpha value is -3.80. The molecule has 38 heavy (non-hydrogen) atoms. The molecule has 3 aromatic rings. The van der Waals surface area contributed by atoms with Gasteiger partial charge in [0, 0.05) is 50.9 Å². The average Bonchev–Trinajstić information content (AvgIpc) is 3.36. The number of aromatic nitrogens is 2. The maximum atomic E-state index is 15.3. The average molecular weight is 518 g/mol. The first-order valence-electron chi connectivity index (χ1n) is 13.4. The van der Waals surface area contributed by atoms with Crippen molar-refractivity contribution in [2.24, 2.45) is 13.0 Å². The molecule has 2 fully saturated rings. The van der Waals surface area contributed by atoms with E-state index in [0.29, 0.717) is 39.8 Å². The molecule has 3 heterocycles. The third-order valence-electron chi connectivity index (χ3n) is 8.65. The Morgan fingerprint density at radius 1 is 1.05 bits per heavy atom. The molecule has 2 saturated carbocycles. The second-order valence-electron chi connectivity index (χ2n) is 10.8. The van der Waals surface area contributed by atoms with Crippen LogP contribution in [0.25, 0.3) is 11.0 Å². The molecule has 3 aliphatic rings. The lowest BCUT2D eigenvalue weighted by Crippen LogP contribution is -2.46. The Morgan fingerprint density at radius 3 is 2.45 bits per heavy atom.